The summed E-state index contributed by atoms with van der Waals surface area (Å²) in [7, 11) is 0. The summed E-state index contributed by atoms with van der Waals surface area (Å²) in [5.41, 5.74) is 4.34. The molecule has 0 spiro atoms. The number of nitrogens with zero attached hydrogens (tertiary/aromatic N) is 4. The molecule has 1 aromatic carbocycles. The molecule has 148 valence electrons. The van der Waals surface area contributed by atoms with Gasteiger partial charge in [-0.1, -0.05) is 41.9 Å². The minimum atomic E-state index is -0.0939. The van der Waals surface area contributed by atoms with Crippen LogP contribution in [-0.2, 0) is 13.0 Å². The smallest absolute Gasteiger partial charge is 0.278 e. The van der Waals surface area contributed by atoms with Crippen LogP contribution in [0.25, 0.3) is 34.2 Å². The predicted octanol–water partition coefficient (Wildman–Crippen LogP) is 4.50. The van der Waals surface area contributed by atoms with Crippen LogP contribution in [0.5, 0.6) is 0 Å². The normalized spacial score (nSPS) is 11.2. The van der Waals surface area contributed by atoms with Gasteiger partial charge in [0.1, 0.15) is 0 Å². The fourth-order valence-corrected chi connectivity index (χ4v) is 3.48. The van der Waals surface area contributed by atoms with Crippen molar-refractivity contribution in [2.24, 2.45) is 0 Å². The number of halogens is 1. The quantitative estimate of drug-likeness (QED) is 0.524. The lowest BCUT2D eigenvalue weighted by Gasteiger charge is -2.05. The molecule has 1 N–H and O–H groups in total. The highest BCUT2D eigenvalue weighted by Gasteiger charge is 2.19. The number of hydrogen-bond acceptors (Lipinski definition) is 5. The molecule has 0 saturated carbocycles. The van der Waals surface area contributed by atoms with Crippen LogP contribution in [0.2, 0.25) is 5.02 Å². The Balaban J connectivity index is 1.76. The van der Waals surface area contributed by atoms with E-state index in [1.807, 2.05) is 61.9 Å². The first-order chi connectivity index (χ1) is 14.0. The molecular formula is C21H20ClN5O2. The molecular weight excluding hydrogens is 390 g/mol. The molecule has 0 radical (unpaired) electrons. The number of aromatic nitrogens is 5. The molecule has 4 rings (SSSR count). The molecule has 7 nitrogen and oxygen atoms in total. The SMILES string of the molecule is CCc1cc(-c2noc(-c3cc(-c4ccccc4Cl)n(CC)n3)n2)c(C)[nH]c1=O. The summed E-state index contributed by atoms with van der Waals surface area (Å²) in [6, 6.07) is 11.3. The number of pyridine rings is 1. The molecule has 0 unspecified atom stereocenters. The molecule has 0 fully saturated rings. The van der Waals surface area contributed by atoms with E-state index in [4.69, 9.17) is 16.1 Å². The summed E-state index contributed by atoms with van der Waals surface area (Å²) < 4.78 is 7.33. The van der Waals surface area contributed by atoms with E-state index in [9.17, 15) is 4.79 Å². The van der Waals surface area contributed by atoms with Gasteiger partial charge in [0.05, 0.1) is 5.69 Å². The van der Waals surface area contributed by atoms with Crippen molar-refractivity contribution in [2.45, 2.75) is 33.7 Å². The van der Waals surface area contributed by atoms with Crippen molar-refractivity contribution in [1.29, 1.82) is 0 Å². The number of benzene rings is 1. The number of aryl methyl sites for hydroxylation is 3. The van der Waals surface area contributed by atoms with Gasteiger partial charge < -0.3 is 9.51 Å². The molecule has 0 atom stereocenters. The fourth-order valence-electron chi connectivity index (χ4n) is 3.25. The zero-order valence-electron chi connectivity index (χ0n) is 16.4. The average molecular weight is 410 g/mol. The van der Waals surface area contributed by atoms with Gasteiger partial charge in [0.25, 0.3) is 11.4 Å². The van der Waals surface area contributed by atoms with Gasteiger partial charge in [-0.2, -0.15) is 10.1 Å². The van der Waals surface area contributed by atoms with Gasteiger partial charge in [-0.25, -0.2) is 0 Å². The van der Waals surface area contributed by atoms with E-state index in [1.165, 1.54) is 0 Å². The lowest BCUT2D eigenvalue weighted by atomic mass is 10.1. The Kier molecular flexibility index (Phi) is 5.07. The third kappa shape index (κ3) is 3.49. The summed E-state index contributed by atoms with van der Waals surface area (Å²) in [6.07, 6.45) is 0.620. The Bertz CT molecular complexity index is 1240. The molecule has 0 aliphatic heterocycles. The standard InChI is InChI=1S/C21H20ClN5O2/c1-4-13-10-15(12(3)23-20(13)28)19-24-21(29-26-19)17-11-18(27(5-2)25-17)14-8-6-7-9-16(14)22/h6-11H,4-5H2,1-3H3,(H,23,28). The summed E-state index contributed by atoms with van der Waals surface area (Å²) in [5, 5.41) is 9.35. The Morgan fingerprint density at radius 3 is 2.69 bits per heavy atom. The Labute approximate surface area is 172 Å². The molecule has 0 saturated heterocycles. The minimum Gasteiger partial charge on any atom is -0.332 e. The van der Waals surface area contributed by atoms with Crippen LogP contribution in [0.15, 0.2) is 45.7 Å². The van der Waals surface area contributed by atoms with Crippen LogP contribution >= 0.6 is 11.6 Å². The highest BCUT2D eigenvalue weighted by atomic mass is 35.5. The Hall–Kier alpha value is -3.19. The van der Waals surface area contributed by atoms with Gasteiger partial charge in [0, 0.05) is 34.0 Å². The van der Waals surface area contributed by atoms with E-state index in [0.29, 0.717) is 46.7 Å². The number of aromatic amines is 1. The summed E-state index contributed by atoms with van der Waals surface area (Å²) in [4.78, 5) is 19.3. The summed E-state index contributed by atoms with van der Waals surface area (Å²) >= 11 is 6.36. The van der Waals surface area contributed by atoms with Gasteiger partial charge in [-0.15, -0.1) is 0 Å². The first-order valence-corrected chi connectivity index (χ1v) is 9.79. The van der Waals surface area contributed by atoms with Crippen LogP contribution in [0.3, 0.4) is 0 Å². The predicted molar refractivity (Wildman–Crippen MR) is 112 cm³/mol. The molecule has 3 heterocycles. The van der Waals surface area contributed by atoms with Gasteiger partial charge in [-0.3, -0.25) is 9.48 Å². The van der Waals surface area contributed by atoms with Crippen LogP contribution in [0.1, 0.15) is 25.1 Å². The second kappa shape index (κ2) is 7.67. The third-order valence-electron chi connectivity index (χ3n) is 4.81. The summed E-state index contributed by atoms with van der Waals surface area (Å²) in [5.74, 6) is 0.720. The number of H-pyrrole nitrogens is 1. The molecule has 29 heavy (non-hydrogen) atoms. The average Bonchev–Trinajstić information content (AvgIpc) is 3.35. The number of rotatable bonds is 5. The maximum absolute atomic E-state index is 12.0. The van der Waals surface area contributed by atoms with Crippen molar-refractivity contribution in [3.05, 3.63) is 63.0 Å². The lowest BCUT2D eigenvalue weighted by molar-refractivity contribution is 0.430. The van der Waals surface area contributed by atoms with Crippen molar-refractivity contribution in [2.75, 3.05) is 0 Å². The maximum Gasteiger partial charge on any atom is 0.278 e. The van der Waals surface area contributed by atoms with E-state index in [0.717, 1.165) is 16.8 Å². The van der Waals surface area contributed by atoms with E-state index in [-0.39, 0.29) is 5.56 Å². The van der Waals surface area contributed by atoms with Crippen molar-refractivity contribution >= 4 is 11.6 Å². The first-order valence-electron chi connectivity index (χ1n) is 9.41. The molecule has 3 aromatic heterocycles. The van der Waals surface area contributed by atoms with Crippen LogP contribution in [-0.4, -0.2) is 24.9 Å². The zero-order valence-corrected chi connectivity index (χ0v) is 17.1. The van der Waals surface area contributed by atoms with Crippen molar-refractivity contribution in [3.8, 4) is 34.2 Å². The second-order valence-electron chi connectivity index (χ2n) is 6.65. The van der Waals surface area contributed by atoms with Gasteiger partial charge in [-0.05, 0) is 38.5 Å². The molecule has 0 aliphatic carbocycles. The largest absolute Gasteiger partial charge is 0.332 e. The molecule has 4 aromatic rings. The minimum absolute atomic E-state index is 0.0939. The van der Waals surface area contributed by atoms with Crippen LogP contribution in [0, 0.1) is 6.92 Å². The van der Waals surface area contributed by atoms with Crippen molar-refractivity contribution < 1.29 is 4.52 Å². The highest BCUT2D eigenvalue weighted by Crippen LogP contribution is 2.31. The summed E-state index contributed by atoms with van der Waals surface area (Å²) in [6.45, 7) is 6.42. The molecule has 0 amide bonds. The van der Waals surface area contributed by atoms with E-state index in [1.54, 1.807) is 0 Å². The van der Waals surface area contributed by atoms with Crippen LogP contribution in [0.4, 0.5) is 0 Å². The zero-order chi connectivity index (χ0) is 20.5. The van der Waals surface area contributed by atoms with Gasteiger partial charge in [0.15, 0.2) is 5.69 Å². The lowest BCUT2D eigenvalue weighted by Crippen LogP contribution is -2.13. The van der Waals surface area contributed by atoms with Crippen molar-refractivity contribution in [1.82, 2.24) is 24.9 Å². The Morgan fingerprint density at radius 2 is 1.97 bits per heavy atom. The highest BCUT2D eigenvalue weighted by molar-refractivity contribution is 6.33. The van der Waals surface area contributed by atoms with E-state index >= 15 is 0 Å². The van der Waals surface area contributed by atoms with Crippen molar-refractivity contribution in [3.63, 3.8) is 0 Å². The monoisotopic (exact) mass is 409 g/mol. The molecule has 8 heteroatoms. The third-order valence-corrected chi connectivity index (χ3v) is 5.14. The Morgan fingerprint density at radius 1 is 1.17 bits per heavy atom. The maximum atomic E-state index is 12.0. The molecule has 0 aliphatic rings. The first kappa shape index (κ1) is 19.1. The topological polar surface area (TPSA) is 89.6 Å². The van der Waals surface area contributed by atoms with Gasteiger partial charge >= 0.3 is 0 Å². The number of hydrogen-bond donors (Lipinski definition) is 1. The second-order valence-corrected chi connectivity index (χ2v) is 7.06. The fraction of sp³-hybridized carbons (Fsp3) is 0.238. The van der Waals surface area contributed by atoms with Gasteiger partial charge in [0.2, 0.25) is 5.82 Å². The molecule has 0 bridgehead atoms. The van der Waals surface area contributed by atoms with Crippen LogP contribution < -0.4 is 5.56 Å². The van der Waals surface area contributed by atoms with E-state index < -0.39 is 0 Å². The number of nitrogens with one attached hydrogen (secondary N) is 1. The van der Waals surface area contributed by atoms with E-state index in [2.05, 4.69) is 20.2 Å².